The summed E-state index contributed by atoms with van der Waals surface area (Å²) in [7, 11) is 1.83. The molecule has 1 rings (SSSR count). The number of halogens is 9. The van der Waals surface area contributed by atoms with Gasteiger partial charge in [-0.15, -0.1) is 0 Å². The van der Waals surface area contributed by atoms with Crippen molar-refractivity contribution in [3.05, 3.63) is 0 Å². The van der Waals surface area contributed by atoms with Crippen molar-refractivity contribution in [2.24, 2.45) is 0 Å². The summed E-state index contributed by atoms with van der Waals surface area (Å²) < 4.78 is 120. The number of nitrogens with zero attached hydrogens (tertiary/aromatic N) is 1. The predicted octanol–water partition coefficient (Wildman–Crippen LogP) is 2.48. The molecular formula is C11H12F9NO2. The zero-order valence-electron chi connectivity index (χ0n) is 11.9. The van der Waals surface area contributed by atoms with E-state index in [9.17, 15) is 49.4 Å². The molecule has 0 aromatic carbocycles. The Bertz CT molecular complexity index is 490. The van der Waals surface area contributed by atoms with E-state index in [-0.39, 0.29) is 6.92 Å². The highest BCUT2D eigenvalue weighted by Gasteiger charge is 3.00. The van der Waals surface area contributed by atoms with Gasteiger partial charge in [0.25, 0.3) is 11.6 Å². The van der Waals surface area contributed by atoms with Crippen LogP contribution in [0.1, 0.15) is 13.3 Å². The van der Waals surface area contributed by atoms with Crippen molar-refractivity contribution in [1.82, 2.24) is 4.90 Å². The van der Waals surface area contributed by atoms with Crippen molar-refractivity contribution in [2.75, 3.05) is 14.1 Å². The van der Waals surface area contributed by atoms with Gasteiger partial charge in [0, 0.05) is 20.5 Å². The van der Waals surface area contributed by atoms with Crippen LogP contribution in [0.25, 0.3) is 0 Å². The lowest BCUT2D eigenvalue weighted by Gasteiger charge is -2.36. The highest BCUT2D eigenvalue weighted by Crippen LogP contribution is 2.70. The van der Waals surface area contributed by atoms with Gasteiger partial charge in [0.15, 0.2) is 0 Å². The lowest BCUT2D eigenvalue weighted by Crippen LogP contribution is -2.60. The number of hydrogen-bond acceptors (Lipinski definition) is 2. The van der Waals surface area contributed by atoms with Crippen LogP contribution in [0.2, 0.25) is 0 Å². The van der Waals surface area contributed by atoms with Crippen molar-refractivity contribution >= 4 is 5.91 Å². The van der Waals surface area contributed by atoms with Gasteiger partial charge >= 0.3 is 23.7 Å². The number of hydrogen-bond donors (Lipinski definition) is 1. The summed E-state index contributed by atoms with van der Waals surface area (Å²) in [5.74, 6) is -28.1. The molecule has 1 amide bonds. The maximum Gasteiger partial charge on any atom is 0.381 e. The molecule has 0 bridgehead atoms. The van der Waals surface area contributed by atoms with E-state index in [1.807, 2.05) is 0 Å². The van der Waals surface area contributed by atoms with Crippen LogP contribution >= 0.6 is 0 Å². The molecule has 0 radical (unpaired) electrons. The second-order valence-electron chi connectivity index (χ2n) is 5.75. The average molecular weight is 361 g/mol. The Hall–Kier alpha value is -1.20. The fourth-order valence-electron chi connectivity index (χ4n) is 2.34. The van der Waals surface area contributed by atoms with E-state index in [0.717, 1.165) is 14.1 Å². The molecule has 1 aliphatic rings. The lowest BCUT2D eigenvalue weighted by atomic mass is 9.83. The van der Waals surface area contributed by atoms with Crippen LogP contribution in [-0.4, -0.2) is 65.0 Å². The van der Waals surface area contributed by atoms with Crippen LogP contribution in [0.3, 0.4) is 0 Å². The molecule has 1 fully saturated rings. The topological polar surface area (TPSA) is 40.5 Å². The van der Waals surface area contributed by atoms with E-state index >= 15 is 0 Å². The average Bonchev–Trinajstić information content (AvgIpc) is 2.39. The van der Waals surface area contributed by atoms with Crippen LogP contribution in [0, 0.1) is 0 Å². The van der Waals surface area contributed by atoms with Gasteiger partial charge in [-0.2, -0.15) is 35.1 Å². The monoisotopic (exact) mass is 361 g/mol. The molecule has 12 heteroatoms. The number of likely N-dealkylation sites (N-methyl/N-ethyl adjacent to an activating group) is 1. The van der Waals surface area contributed by atoms with Crippen LogP contribution in [-0.2, 0) is 4.79 Å². The Labute approximate surface area is 124 Å². The van der Waals surface area contributed by atoms with Gasteiger partial charge in [0.05, 0.1) is 0 Å². The van der Waals surface area contributed by atoms with Crippen molar-refractivity contribution < 1.29 is 49.4 Å². The molecule has 1 aliphatic carbocycles. The number of rotatable bonds is 3. The smallest absolute Gasteiger partial charge is 0.380 e. The summed E-state index contributed by atoms with van der Waals surface area (Å²) in [6, 6.07) is 0. The summed E-state index contributed by atoms with van der Waals surface area (Å²) in [5.41, 5.74) is -9.22. The minimum Gasteiger partial charge on any atom is -0.380 e. The Morgan fingerprint density at radius 1 is 0.870 bits per heavy atom. The van der Waals surface area contributed by atoms with Crippen LogP contribution in [0.4, 0.5) is 39.5 Å². The number of alkyl halides is 9. The summed E-state index contributed by atoms with van der Waals surface area (Å²) in [4.78, 5) is 11.9. The number of aliphatic hydroxyl groups is 1. The minimum absolute atomic E-state index is 0.275. The van der Waals surface area contributed by atoms with Crippen molar-refractivity contribution in [3.63, 3.8) is 0 Å². The fourth-order valence-corrected chi connectivity index (χ4v) is 2.34. The molecule has 0 saturated heterocycles. The second kappa shape index (κ2) is 4.67. The van der Waals surface area contributed by atoms with Crippen molar-refractivity contribution in [1.29, 1.82) is 0 Å². The SMILES string of the molecule is CN(C)C(=O)C(C)(O)CC1(F)C(F)(F)C(F)(F)C(F)(F)C1(F)F. The van der Waals surface area contributed by atoms with Gasteiger partial charge in [0.1, 0.15) is 5.60 Å². The summed E-state index contributed by atoms with van der Waals surface area (Å²) in [6.07, 6.45) is -2.66. The highest BCUT2D eigenvalue weighted by molar-refractivity contribution is 5.84. The Morgan fingerprint density at radius 3 is 1.43 bits per heavy atom. The van der Waals surface area contributed by atoms with E-state index in [0.29, 0.717) is 4.90 Å². The molecule has 1 N–H and O–H groups in total. The molecule has 1 unspecified atom stereocenters. The van der Waals surface area contributed by atoms with Crippen LogP contribution < -0.4 is 0 Å². The van der Waals surface area contributed by atoms with Gasteiger partial charge in [-0.3, -0.25) is 4.79 Å². The van der Waals surface area contributed by atoms with E-state index in [2.05, 4.69) is 0 Å². The third kappa shape index (κ3) is 2.06. The zero-order chi connectivity index (χ0) is 18.9. The highest BCUT2D eigenvalue weighted by atomic mass is 19.4. The molecule has 3 nitrogen and oxygen atoms in total. The van der Waals surface area contributed by atoms with Crippen molar-refractivity contribution in [2.45, 2.75) is 48.3 Å². The minimum atomic E-state index is -6.73. The quantitative estimate of drug-likeness (QED) is 0.785. The van der Waals surface area contributed by atoms with Gasteiger partial charge < -0.3 is 10.0 Å². The number of carbonyl (C=O) groups excluding carboxylic acids is 1. The van der Waals surface area contributed by atoms with Crippen LogP contribution in [0.5, 0.6) is 0 Å². The fraction of sp³-hybridized carbons (Fsp3) is 0.909. The summed E-state index contributed by atoms with van der Waals surface area (Å²) in [5, 5.41) is 9.60. The first-order chi connectivity index (χ1) is 9.81. The third-order valence-corrected chi connectivity index (χ3v) is 3.63. The first-order valence-electron chi connectivity index (χ1n) is 5.95. The molecule has 136 valence electrons. The predicted molar refractivity (Wildman–Crippen MR) is 57.6 cm³/mol. The summed E-state index contributed by atoms with van der Waals surface area (Å²) >= 11 is 0. The molecular weight excluding hydrogens is 349 g/mol. The molecule has 0 aromatic rings. The Balaban J connectivity index is 3.52. The lowest BCUT2D eigenvalue weighted by molar-refractivity contribution is -0.303. The Morgan fingerprint density at radius 2 is 1.17 bits per heavy atom. The maximum absolute atomic E-state index is 14.2. The standard InChI is InChI=1S/C11H12F9NO2/c1-6(23,5(22)21(2)3)4-7(12)8(13,14)10(17,18)11(19,20)9(7,15)16/h23H,4H2,1-3H3. The molecule has 0 heterocycles. The summed E-state index contributed by atoms with van der Waals surface area (Å²) in [6.45, 7) is 0.275. The largest absolute Gasteiger partial charge is 0.381 e. The van der Waals surface area contributed by atoms with Gasteiger partial charge in [-0.05, 0) is 6.92 Å². The maximum atomic E-state index is 14.2. The van der Waals surface area contributed by atoms with E-state index in [4.69, 9.17) is 0 Å². The third-order valence-electron chi connectivity index (χ3n) is 3.63. The van der Waals surface area contributed by atoms with E-state index in [1.54, 1.807) is 0 Å². The normalized spacial score (nSPS) is 28.9. The van der Waals surface area contributed by atoms with E-state index < -0.39 is 47.3 Å². The number of carbonyl (C=O) groups is 1. The first kappa shape index (κ1) is 19.8. The Kier molecular flexibility index (Phi) is 4.03. The molecule has 0 aliphatic heterocycles. The molecule has 0 aromatic heterocycles. The zero-order valence-corrected chi connectivity index (χ0v) is 11.9. The number of amides is 1. The van der Waals surface area contributed by atoms with Crippen molar-refractivity contribution in [3.8, 4) is 0 Å². The van der Waals surface area contributed by atoms with Gasteiger partial charge in [-0.1, -0.05) is 0 Å². The molecule has 1 atom stereocenters. The first-order valence-corrected chi connectivity index (χ1v) is 5.95. The molecule has 1 saturated carbocycles. The van der Waals surface area contributed by atoms with Gasteiger partial charge in [-0.25, -0.2) is 4.39 Å². The molecule has 23 heavy (non-hydrogen) atoms. The molecule has 0 spiro atoms. The van der Waals surface area contributed by atoms with E-state index in [1.165, 1.54) is 0 Å². The second-order valence-corrected chi connectivity index (χ2v) is 5.75. The van der Waals surface area contributed by atoms with Gasteiger partial charge in [0.2, 0.25) is 0 Å². The van der Waals surface area contributed by atoms with Crippen LogP contribution in [0.15, 0.2) is 0 Å².